The maximum atomic E-state index is 6.13. The Morgan fingerprint density at radius 2 is 1.95 bits per heavy atom. The topological polar surface area (TPSA) is 25.2 Å². The van der Waals surface area contributed by atoms with Crippen LogP contribution in [-0.4, -0.2) is 6.54 Å². The van der Waals surface area contributed by atoms with Gasteiger partial charge in [0, 0.05) is 15.4 Å². The number of nitrogens with one attached hydrogen (secondary N) is 1. The lowest BCUT2D eigenvalue weighted by atomic mass is 10.0. The predicted octanol–water partition coefficient (Wildman–Crippen LogP) is 5.26. The van der Waals surface area contributed by atoms with E-state index in [2.05, 4.69) is 55.0 Å². The Balaban J connectivity index is 2.52. The third-order valence-electron chi connectivity index (χ3n) is 3.73. The van der Waals surface area contributed by atoms with Crippen LogP contribution in [-0.2, 0) is 13.0 Å². The van der Waals surface area contributed by atoms with Gasteiger partial charge < -0.3 is 9.73 Å². The predicted molar refractivity (Wildman–Crippen MR) is 89.4 cm³/mol. The molecule has 1 heterocycles. The Morgan fingerprint density at radius 1 is 1.20 bits per heavy atom. The summed E-state index contributed by atoms with van der Waals surface area (Å²) in [6, 6.07) is 2.15. The molecule has 0 aliphatic carbocycles. The second-order valence-corrected chi connectivity index (χ2v) is 6.23. The molecule has 3 heteroatoms. The van der Waals surface area contributed by atoms with Crippen molar-refractivity contribution in [3.63, 3.8) is 0 Å². The van der Waals surface area contributed by atoms with Crippen LogP contribution in [0.25, 0.3) is 11.0 Å². The maximum Gasteiger partial charge on any atom is 0.135 e. The smallest absolute Gasteiger partial charge is 0.135 e. The van der Waals surface area contributed by atoms with Gasteiger partial charge in [0.25, 0.3) is 0 Å². The molecule has 0 aliphatic heterocycles. The number of rotatable bonds is 6. The Bertz CT molecular complexity index is 601. The van der Waals surface area contributed by atoms with E-state index in [0.717, 1.165) is 43.7 Å². The number of hydrogen-bond acceptors (Lipinski definition) is 2. The average molecular weight is 338 g/mol. The van der Waals surface area contributed by atoms with Gasteiger partial charge in [-0.25, -0.2) is 0 Å². The van der Waals surface area contributed by atoms with Gasteiger partial charge in [-0.15, -0.1) is 0 Å². The summed E-state index contributed by atoms with van der Waals surface area (Å²) in [5.41, 5.74) is 4.94. The fraction of sp³-hybridized carbons (Fsp3) is 0.529. The van der Waals surface area contributed by atoms with Crippen molar-refractivity contribution in [3.05, 3.63) is 33.0 Å². The highest BCUT2D eigenvalue weighted by Gasteiger charge is 2.17. The highest BCUT2D eigenvalue weighted by molar-refractivity contribution is 9.10. The number of fused-ring (bicyclic) bond motifs is 1. The van der Waals surface area contributed by atoms with E-state index in [1.807, 2.05) is 0 Å². The van der Waals surface area contributed by atoms with Gasteiger partial charge in [-0.05, 0) is 50.4 Å². The molecule has 0 unspecified atom stereocenters. The van der Waals surface area contributed by atoms with Crippen molar-refractivity contribution < 1.29 is 4.42 Å². The first kappa shape index (κ1) is 15.6. The van der Waals surface area contributed by atoms with E-state index in [4.69, 9.17) is 4.42 Å². The van der Waals surface area contributed by atoms with Crippen LogP contribution in [0.5, 0.6) is 0 Å². The van der Waals surface area contributed by atoms with Crippen LogP contribution in [0.3, 0.4) is 0 Å². The first-order chi connectivity index (χ1) is 9.60. The summed E-state index contributed by atoms with van der Waals surface area (Å²) in [6.07, 6.45) is 3.36. The van der Waals surface area contributed by atoms with Gasteiger partial charge in [-0.1, -0.05) is 36.2 Å². The molecule has 0 spiro atoms. The van der Waals surface area contributed by atoms with Crippen molar-refractivity contribution in [3.8, 4) is 0 Å². The van der Waals surface area contributed by atoms with E-state index in [-0.39, 0.29) is 0 Å². The molecule has 0 bridgehead atoms. The molecule has 0 fully saturated rings. The standard InChI is InChI=1S/C17H24BrNO/c1-5-7-13-15(10-19-8-6-2)20-14-9-11(3)17(18)12(4)16(13)14/h9,19H,5-8,10H2,1-4H3. The highest BCUT2D eigenvalue weighted by Crippen LogP contribution is 2.35. The van der Waals surface area contributed by atoms with E-state index in [1.165, 1.54) is 26.5 Å². The summed E-state index contributed by atoms with van der Waals surface area (Å²) in [4.78, 5) is 0. The molecular formula is C17H24BrNO. The average Bonchev–Trinajstić information content (AvgIpc) is 2.75. The molecular weight excluding hydrogens is 314 g/mol. The van der Waals surface area contributed by atoms with Crippen LogP contribution in [0, 0.1) is 13.8 Å². The summed E-state index contributed by atoms with van der Waals surface area (Å²) in [7, 11) is 0. The van der Waals surface area contributed by atoms with Gasteiger partial charge in [-0.3, -0.25) is 0 Å². The van der Waals surface area contributed by atoms with E-state index < -0.39 is 0 Å². The molecule has 0 amide bonds. The minimum atomic E-state index is 0.827. The van der Waals surface area contributed by atoms with E-state index in [0.29, 0.717) is 0 Å². The zero-order valence-corrected chi connectivity index (χ0v) is 14.5. The van der Waals surface area contributed by atoms with Gasteiger partial charge in [0.2, 0.25) is 0 Å². The van der Waals surface area contributed by atoms with Crippen LogP contribution in [0.2, 0.25) is 0 Å². The van der Waals surface area contributed by atoms with Gasteiger partial charge in [-0.2, -0.15) is 0 Å². The molecule has 0 aliphatic rings. The molecule has 0 saturated carbocycles. The van der Waals surface area contributed by atoms with Crippen LogP contribution in [0.4, 0.5) is 0 Å². The molecule has 0 saturated heterocycles. The maximum absolute atomic E-state index is 6.13. The lowest BCUT2D eigenvalue weighted by Gasteiger charge is -2.06. The van der Waals surface area contributed by atoms with E-state index in [1.54, 1.807) is 0 Å². The zero-order valence-electron chi connectivity index (χ0n) is 12.9. The van der Waals surface area contributed by atoms with Crippen molar-refractivity contribution >= 4 is 26.9 Å². The van der Waals surface area contributed by atoms with Crippen molar-refractivity contribution in [2.45, 2.75) is 53.5 Å². The van der Waals surface area contributed by atoms with Gasteiger partial charge >= 0.3 is 0 Å². The number of halogens is 1. The summed E-state index contributed by atoms with van der Waals surface area (Å²) in [5.74, 6) is 1.11. The molecule has 1 aromatic carbocycles. The zero-order chi connectivity index (χ0) is 14.7. The van der Waals surface area contributed by atoms with Crippen LogP contribution in [0.1, 0.15) is 49.1 Å². The number of hydrogen-bond donors (Lipinski definition) is 1. The minimum absolute atomic E-state index is 0.827. The SMILES string of the molecule is CCCNCc1oc2cc(C)c(Br)c(C)c2c1CCC. The summed E-state index contributed by atoms with van der Waals surface area (Å²) in [5, 5.41) is 4.76. The van der Waals surface area contributed by atoms with Crippen molar-refractivity contribution in [1.29, 1.82) is 0 Å². The Kier molecular flexibility index (Phi) is 5.28. The molecule has 110 valence electrons. The Hall–Kier alpha value is -0.800. The molecule has 2 nitrogen and oxygen atoms in total. The third-order valence-corrected chi connectivity index (χ3v) is 4.95. The molecule has 1 aromatic heterocycles. The quantitative estimate of drug-likeness (QED) is 0.727. The van der Waals surface area contributed by atoms with Crippen LogP contribution >= 0.6 is 15.9 Å². The van der Waals surface area contributed by atoms with Crippen molar-refractivity contribution in [2.24, 2.45) is 0 Å². The number of furan rings is 1. The molecule has 0 radical (unpaired) electrons. The number of aryl methyl sites for hydroxylation is 3. The van der Waals surface area contributed by atoms with Crippen molar-refractivity contribution in [2.75, 3.05) is 6.54 Å². The van der Waals surface area contributed by atoms with E-state index >= 15 is 0 Å². The fourth-order valence-corrected chi connectivity index (χ4v) is 3.06. The lowest BCUT2D eigenvalue weighted by Crippen LogP contribution is -2.14. The summed E-state index contributed by atoms with van der Waals surface area (Å²) in [6.45, 7) is 10.6. The van der Waals surface area contributed by atoms with Crippen LogP contribution in [0.15, 0.2) is 15.0 Å². The van der Waals surface area contributed by atoms with Gasteiger partial charge in [0.1, 0.15) is 11.3 Å². The van der Waals surface area contributed by atoms with Crippen molar-refractivity contribution in [1.82, 2.24) is 5.32 Å². The highest BCUT2D eigenvalue weighted by atomic mass is 79.9. The number of benzene rings is 1. The van der Waals surface area contributed by atoms with Gasteiger partial charge in [0.05, 0.1) is 6.54 Å². The molecule has 20 heavy (non-hydrogen) atoms. The Labute approximate surface area is 130 Å². The molecule has 2 rings (SSSR count). The fourth-order valence-electron chi connectivity index (χ4n) is 2.75. The van der Waals surface area contributed by atoms with E-state index in [9.17, 15) is 0 Å². The monoisotopic (exact) mass is 337 g/mol. The molecule has 2 aromatic rings. The third kappa shape index (κ3) is 2.94. The summed E-state index contributed by atoms with van der Waals surface area (Å²) < 4.78 is 7.34. The molecule has 1 N–H and O–H groups in total. The van der Waals surface area contributed by atoms with Gasteiger partial charge in [0.15, 0.2) is 0 Å². The first-order valence-electron chi connectivity index (χ1n) is 7.50. The second kappa shape index (κ2) is 6.77. The molecule has 0 atom stereocenters. The lowest BCUT2D eigenvalue weighted by molar-refractivity contribution is 0.506. The minimum Gasteiger partial charge on any atom is -0.459 e. The second-order valence-electron chi connectivity index (χ2n) is 5.44. The largest absolute Gasteiger partial charge is 0.459 e. The Morgan fingerprint density at radius 3 is 2.60 bits per heavy atom. The first-order valence-corrected chi connectivity index (χ1v) is 8.30. The van der Waals surface area contributed by atoms with Crippen LogP contribution < -0.4 is 5.32 Å². The summed E-state index contributed by atoms with van der Waals surface area (Å²) >= 11 is 3.70. The normalized spacial score (nSPS) is 11.4.